The summed E-state index contributed by atoms with van der Waals surface area (Å²) >= 11 is 1.66. The highest BCUT2D eigenvalue weighted by Gasteiger charge is 2.11. The van der Waals surface area contributed by atoms with Crippen LogP contribution in [0.4, 0.5) is 0 Å². The lowest BCUT2D eigenvalue weighted by Crippen LogP contribution is -2.27. The van der Waals surface area contributed by atoms with Crippen molar-refractivity contribution in [2.24, 2.45) is 0 Å². The van der Waals surface area contributed by atoms with Crippen LogP contribution in [0.3, 0.4) is 0 Å². The molecular formula is C15H22N2O2S. The average molecular weight is 294 g/mol. The predicted octanol–water partition coefficient (Wildman–Crippen LogP) is 3.31. The maximum atomic E-state index is 9.13. The van der Waals surface area contributed by atoms with Crippen LogP contribution in [0.5, 0.6) is 0 Å². The number of unbranched alkanes of at least 4 members (excludes halogenated alkanes) is 1. The quantitative estimate of drug-likeness (QED) is 0.811. The van der Waals surface area contributed by atoms with Gasteiger partial charge in [-0.15, -0.1) is 11.3 Å². The second kappa shape index (κ2) is 7.57. The van der Waals surface area contributed by atoms with E-state index in [1.807, 2.05) is 25.3 Å². The lowest BCUT2D eigenvalue weighted by molar-refractivity contribution is 0.189. The third-order valence-corrected chi connectivity index (χ3v) is 4.12. The van der Waals surface area contributed by atoms with Gasteiger partial charge in [-0.3, -0.25) is 4.90 Å². The normalized spacial score (nSPS) is 11.4. The van der Waals surface area contributed by atoms with Crippen LogP contribution in [0.2, 0.25) is 0 Å². The Labute approximate surface area is 124 Å². The molecule has 4 nitrogen and oxygen atoms in total. The van der Waals surface area contributed by atoms with Gasteiger partial charge in [0, 0.05) is 24.2 Å². The number of hydrogen-bond donors (Lipinski definition) is 1. The number of thiazole rings is 1. The van der Waals surface area contributed by atoms with Crippen molar-refractivity contribution in [1.29, 1.82) is 0 Å². The van der Waals surface area contributed by atoms with E-state index >= 15 is 0 Å². The molecule has 0 unspecified atom stereocenters. The van der Waals surface area contributed by atoms with Gasteiger partial charge in [0.1, 0.15) is 5.76 Å². The molecule has 0 fully saturated rings. The Hall–Kier alpha value is -1.17. The van der Waals surface area contributed by atoms with Gasteiger partial charge in [-0.2, -0.15) is 0 Å². The largest absolute Gasteiger partial charge is 0.459 e. The second-order valence-corrected chi connectivity index (χ2v) is 6.01. The summed E-state index contributed by atoms with van der Waals surface area (Å²) in [5, 5.41) is 10.1. The van der Waals surface area contributed by atoms with E-state index in [0.717, 1.165) is 36.0 Å². The van der Waals surface area contributed by atoms with Crippen molar-refractivity contribution in [2.75, 3.05) is 19.7 Å². The number of aryl methyl sites for hydroxylation is 1. The lowest BCUT2D eigenvalue weighted by Gasteiger charge is -2.19. The van der Waals surface area contributed by atoms with Crippen LogP contribution in [0.15, 0.2) is 22.7 Å². The van der Waals surface area contributed by atoms with Gasteiger partial charge in [-0.1, -0.05) is 13.3 Å². The highest BCUT2D eigenvalue weighted by molar-refractivity contribution is 7.14. The summed E-state index contributed by atoms with van der Waals surface area (Å²) in [6.45, 7) is 6.90. The van der Waals surface area contributed by atoms with E-state index in [2.05, 4.69) is 16.8 Å². The second-order valence-electron chi connectivity index (χ2n) is 4.90. The van der Waals surface area contributed by atoms with Crippen molar-refractivity contribution in [2.45, 2.75) is 33.2 Å². The maximum absolute atomic E-state index is 9.13. The van der Waals surface area contributed by atoms with Crippen molar-refractivity contribution in [3.63, 3.8) is 0 Å². The molecule has 2 heterocycles. The molecule has 1 N–H and O–H groups in total. The van der Waals surface area contributed by atoms with Gasteiger partial charge in [0.25, 0.3) is 0 Å². The molecule has 0 aliphatic carbocycles. The number of aliphatic hydroxyl groups excluding tert-OH is 1. The van der Waals surface area contributed by atoms with Crippen molar-refractivity contribution in [1.82, 2.24) is 9.88 Å². The van der Waals surface area contributed by atoms with Gasteiger partial charge in [0.15, 0.2) is 10.8 Å². The molecule has 0 saturated carbocycles. The SMILES string of the molecule is CCCCN(CCO)Cc1cnc(-c2ccc(C)o2)s1. The number of rotatable bonds is 8. The molecule has 0 amide bonds. The zero-order valence-electron chi connectivity index (χ0n) is 12.1. The Morgan fingerprint density at radius 2 is 2.20 bits per heavy atom. The number of nitrogens with zero attached hydrogens (tertiary/aromatic N) is 2. The van der Waals surface area contributed by atoms with Crippen LogP contribution in [-0.2, 0) is 6.54 Å². The van der Waals surface area contributed by atoms with Crippen LogP contribution in [0.25, 0.3) is 10.8 Å². The lowest BCUT2D eigenvalue weighted by atomic mass is 10.3. The van der Waals surface area contributed by atoms with E-state index in [1.165, 1.54) is 11.3 Å². The van der Waals surface area contributed by atoms with E-state index in [0.29, 0.717) is 6.54 Å². The van der Waals surface area contributed by atoms with E-state index in [1.54, 1.807) is 11.3 Å². The Morgan fingerprint density at radius 3 is 2.85 bits per heavy atom. The molecule has 2 aromatic rings. The molecule has 0 aliphatic heterocycles. The van der Waals surface area contributed by atoms with E-state index in [4.69, 9.17) is 9.52 Å². The summed E-state index contributed by atoms with van der Waals surface area (Å²) in [4.78, 5) is 7.91. The van der Waals surface area contributed by atoms with Crippen LogP contribution in [0, 0.1) is 6.92 Å². The first-order valence-electron chi connectivity index (χ1n) is 7.07. The molecular weight excluding hydrogens is 272 g/mol. The third kappa shape index (κ3) is 4.16. The molecule has 0 aromatic carbocycles. The van der Waals surface area contributed by atoms with Crippen LogP contribution in [0.1, 0.15) is 30.4 Å². The highest BCUT2D eigenvalue weighted by atomic mass is 32.1. The van der Waals surface area contributed by atoms with Crippen LogP contribution in [-0.4, -0.2) is 34.7 Å². The van der Waals surface area contributed by atoms with E-state index < -0.39 is 0 Å². The Bertz CT molecular complexity index is 521. The zero-order chi connectivity index (χ0) is 14.4. The topological polar surface area (TPSA) is 49.5 Å². The Balaban J connectivity index is 2.00. The molecule has 0 radical (unpaired) electrons. The Kier molecular flexibility index (Phi) is 5.76. The molecule has 110 valence electrons. The molecule has 0 atom stereocenters. The molecule has 0 saturated heterocycles. The Morgan fingerprint density at radius 1 is 1.35 bits per heavy atom. The van der Waals surface area contributed by atoms with E-state index in [-0.39, 0.29) is 6.61 Å². The van der Waals surface area contributed by atoms with Gasteiger partial charge in [0.2, 0.25) is 0 Å². The van der Waals surface area contributed by atoms with Crippen LogP contribution < -0.4 is 0 Å². The first-order chi connectivity index (χ1) is 9.72. The minimum Gasteiger partial charge on any atom is -0.459 e. The first-order valence-corrected chi connectivity index (χ1v) is 7.89. The summed E-state index contributed by atoms with van der Waals surface area (Å²) in [6.07, 6.45) is 4.23. The summed E-state index contributed by atoms with van der Waals surface area (Å²) in [5.41, 5.74) is 0. The molecule has 2 aromatic heterocycles. The molecule has 2 rings (SSSR count). The third-order valence-electron chi connectivity index (χ3n) is 3.13. The summed E-state index contributed by atoms with van der Waals surface area (Å²) < 4.78 is 5.59. The number of hydrogen-bond acceptors (Lipinski definition) is 5. The summed E-state index contributed by atoms with van der Waals surface area (Å²) in [5.74, 6) is 1.74. The van der Waals surface area contributed by atoms with E-state index in [9.17, 15) is 0 Å². The van der Waals surface area contributed by atoms with Gasteiger partial charge in [-0.25, -0.2) is 4.98 Å². The standard InChI is InChI=1S/C15H22N2O2S/c1-3-4-7-17(8-9-18)11-13-10-16-15(20-13)14-6-5-12(2)19-14/h5-6,10,18H,3-4,7-9,11H2,1-2H3. The van der Waals surface area contributed by atoms with Gasteiger partial charge < -0.3 is 9.52 Å². The number of aromatic nitrogens is 1. The fourth-order valence-electron chi connectivity index (χ4n) is 2.06. The fraction of sp³-hybridized carbons (Fsp3) is 0.533. The molecule has 5 heteroatoms. The monoisotopic (exact) mass is 294 g/mol. The molecule has 0 aliphatic rings. The molecule has 20 heavy (non-hydrogen) atoms. The fourth-order valence-corrected chi connectivity index (χ4v) is 2.97. The maximum Gasteiger partial charge on any atom is 0.162 e. The van der Waals surface area contributed by atoms with Gasteiger partial charge >= 0.3 is 0 Å². The van der Waals surface area contributed by atoms with Crippen molar-refractivity contribution < 1.29 is 9.52 Å². The minimum absolute atomic E-state index is 0.201. The van der Waals surface area contributed by atoms with Crippen molar-refractivity contribution in [3.05, 3.63) is 29.0 Å². The summed E-state index contributed by atoms with van der Waals surface area (Å²) in [7, 11) is 0. The smallest absolute Gasteiger partial charge is 0.162 e. The highest BCUT2D eigenvalue weighted by Crippen LogP contribution is 2.27. The predicted molar refractivity (Wildman–Crippen MR) is 81.8 cm³/mol. The molecule has 0 spiro atoms. The number of aliphatic hydroxyl groups is 1. The van der Waals surface area contributed by atoms with Crippen molar-refractivity contribution in [3.8, 4) is 10.8 Å². The van der Waals surface area contributed by atoms with Crippen LogP contribution >= 0.6 is 11.3 Å². The molecule has 0 bridgehead atoms. The summed E-state index contributed by atoms with van der Waals surface area (Å²) in [6, 6.07) is 3.91. The minimum atomic E-state index is 0.201. The van der Waals surface area contributed by atoms with Gasteiger partial charge in [0.05, 0.1) is 6.61 Å². The first kappa shape index (κ1) is 15.2. The zero-order valence-corrected chi connectivity index (χ0v) is 12.9. The van der Waals surface area contributed by atoms with Crippen molar-refractivity contribution >= 4 is 11.3 Å². The van der Waals surface area contributed by atoms with Gasteiger partial charge in [-0.05, 0) is 32.0 Å². The average Bonchev–Trinajstić information content (AvgIpc) is 3.05. The number of furan rings is 1.